The van der Waals surface area contributed by atoms with Crippen molar-refractivity contribution in [3.05, 3.63) is 59.8 Å². The lowest BCUT2D eigenvalue weighted by Gasteiger charge is -2.12. The van der Waals surface area contributed by atoms with Gasteiger partial charge in [-0.3, -0.25) is 0 Å². The molecule has 0 saturated heterocycles. The van der Waals surface area contributed by atoms with E-state index in [0.29, 0.717) is 0 Å². The maximum atomic E-state index is 3.86. The van der Waals surface area contributed by atoms with E-state index in [4.69, 9.17) is 0 Å². The molecule has 0 aliphatic carbocycles. The van der Waals surface area contributed by atoms with Crippen molar-refractivity contribution in [1.82, 2.24) is 0 Å². The van der Waals surface area contributed by atoms with E-state index in [0.717, 1.165) is 0 Å². The fourth-order valence-corrected chi connectivity index (χ4v) is 4.15. The average Bonchev–Trinajstić information content (AvgIpc) is 2.27. The molecule has 1 heterocycles. The van der Waals surface area contributed by atoms with E-state index in [1.807, 2.05) is 12.2 Å². The van der Waals surface area contributed by atoms with Gasteiger partial charge in [-0.05, 0) is 18.2 Å². The van der Waals surface area contributed by atoms with Crippen LogP contribution in [0, 0.1) is 0 Å². The number of thioether (sulfide) groups is 1. The first-order valence-electron chi connectivity index (χ1n) is 4.46. The van der Waals surface area contributed by atoms with Crippen LogP contribution in [0.25, 0.3) is 0 Å². The van der Waals surface area contributed by atoms with Crippen molar-refractivity contribution >= 4 is 25.6 Å². The molecule has 14 heavy (non-hydrogen) atoms. The molecule has 0 fully saturated rings. The van der Waals surface area contributed by atoms with Gasteiger partial charge in [-0.15, -0.1) is 0 Å². The van der Waals surface area contributed by atoms with Gasteiger partial charge in [0.2, 0.25) is 0 Å². The zero-order chi connectivity index (χ0) is 9.97. The van der Waals surface area contributed by atoms with Crippen LogP contribution in [0.2, 0.25) is 0 Å². The third-order valence-electron chi connectivity index (χ3n) is 2.14. The predicted octanol–water partition coefficient (Wildman–Crippen LogP) is 3.41. The van der Waals surface area contributed by atoms with Gasteiger partial charge in [0.1, 0.15) is 10.6 Å². The summed E-state index contributed by atoms with van der Waals surface area (Å²) in [7, 11) is 0.201. The van der Waals surface area contributed by atoms with Gasteiger partial charge in [0.15, 0.2) is 0 Å². The van der Waals surface area contributed by atoms with Gasteiger partial charge < -0.3 is 0 Å². The molecule has 0 N–H and O–H groups in total. The number of hydrogen-bond donors (Lipinski definition) is 0. The Labute approximate surface area is 90.6 Å². The minimum Gasteiger partial charge on any atom is -0.0978 e. The van der Waals surface area contributed by atoms with E-state index in [-0.39, 0.29) is 8.58 Å². The maximum Gasteiger partial charge on any atom is 0.108 e. The molecule has 0 spiro atoms. The Balaban J connectivity index is 2.45. The van der Waals surface area contributed by atoms with Gasteiger partial charge in [0, 0.05) is 0 Å². The van der Waals surface area contributed by atoms with Crippen molar-refractivity contribution in [3.63, 3.8) is 0 Å². The SMILES string of the molecule is C=CC1=C(C=C)Sc2ccccc2[PH2+]1. The van der Waals surface area contributed by atoms with Crippen LogP contribution in [-0.2, 0) is 0 Å². The first-order valence-corrected chi connectivity index (χ1v) is 6.43. The van der Waals surface area contributed by atoms with E-state index < -0.39 is 0 Å². The molecule has 1 aromatic rings. The lowest BCUT2D eigenvalue weighted by molar-refractivity contribution is 1.52. The number of rotatable bonds is 2. The van der Waals surface area contributed by atoms with Gasteiger partial charge in [-0.25, -0.2) is 0 Å². The zero-order valence-electron chi connectivity index (χ0n) is 7.86. The van der Waals surface area contributed by atoms with Crippen LogP contribution >= 0.6 is 20.3 Å². The lowest BCUT2D eigenvalue weighted by atomic mass is 10.4. The van der Waals surface area contributed by atoms with Crippen molar-refractivity contribution in [1.29, 1.82) is 0 Å². The third-order valence-corrected chi connectivity index (χ3v) is 5.44. The highest BCUT2D eigenvalue weighted by atomic mass is 32.2. The molecule has 0 saturated carbocycles. The standard InChI is InChI=1S/C12H11PS/c1-3-9-11(4-2)14-12-8-6-5-7-10(12)13-9/h3-8,13H,1-2H2/p+1. The Kier molecular flexibility index (Phi) is 2.90. The number of benzene rings is 1. The Hall–Kier alpha value is -0.780. The van der Waals surface area contributed by atoms with Crippen LogP contribution < -0.4 is 5.30 Å². The molecular formula is C12H12PS+. The highest BCUT2D eigenvalue weighted by Crippen LogP contribution is 2.43. The van der Waals surface area contributed by atoms with E-state index >= 15 is 0 Å². The van der Waals surface area contributed by atoms with E-state index in [2.05, 4.69) is 37.4 Å². The maximum absolute atomic E-state index is 3.86. The van der Waals surface area contributed by atoms with Crippen LogP contribution in [-0.4, -0.2) is 0 Å². The Bertz CT molecular complexity index is 379. The van der Waals surface area contributed by atoms with Crippen molar-refractivity contribution < 1.29 is 0 Å². The van der Waals surface area contributed by atoms with Crippen molar-refractivity contribution in [2.24, 2.45) is 0 Å². The molecule has 0 aromatic heterocycles. The van der Waals surface area contributed by atoms with Crippen LogP contribution in [0.4, 0.5) is 0 Å². The minimum absolute atomic E-state index is 0.201. The highest BCUT2D eigenvalue weighted by Gasteiger charge is 2.20. The molecule has 0 bridgehead atoms. The topological polar surface area (TPSA) is 0 Å². The van der Waals surface area contributed by atoms with Crippen molar-refractivity contribution in [2.45, 2.75) is 4.90 Å². The summed E-state index contributed by atoms with van der Waals surface area (Å²) in [6.45, 7) is 7.70. The van der Waals surface area contributed by atoms with Crippen molar-refractivity contribution in [3.8, 4) is 0 Å². The molecule has 1 atom stereocenters. The second-order valence-corrected chi connectivity index (χ2v) is 5.63. The first-order chi connectivity index (χ1) is 6.85. The quantitative estimate of drug-likeness (QED) is 0.687. The largest absolute Gasteiger partial charge is 0.108 e. The van der Waals surface area contributed by atoms with Crippen molar-refractivity contribution in [2.75, 3.05) is 0 Å². The number of hydrogen-bond acceptors (Lipinski definition) is 1. The van der Waals surface area contributed by atoms with Gasteiger partial charge >= 0.3 is 0 Å². The van der Waals surface area contributed by atoms with Crippen LogP contribution in [0.5, 0.6) is 0 Å². The zero-order valence-corrected chi connectivity index (χ0v) is 9.84. The molecule has 1 aliphatic rings. The van der Waals surface area contributed by atoms with Crippen LogP contribution in [0.1, 0.15) is 0 Å². The first kappa shape index (κ1) is 9.76. The van der Waals surface area contributed by atoms with Gasteiger partial charge in [0.25, 0.3) is 0 Å². The monoisotopic (exact) mass is 219 g/mol. The lowest BCUT2D eigenvalue weighted by Crippen LogP contribution is -2.02. The fourth-order valence-electron chi connectivity index (χ4n) is 1.43. The second-order valence-electron chi connectivity index (χ2n) is 3.01. The van der Waals surface area contributed by atoms with Crippen LogP contribution in [0.3, 0.4) is 0 Å². The summed E-state index contributed by atoms with van der Waals surface area (Å²) >= 11 is 1.80. The molecule has 2 heteroatoms. The normalized spacial score (nSPS) is 16.6. The average molecular weight is 219 g/mol. The number of fused-ring (bicyclic) bond motifs is 1. The smallest absolute Gasteiger partial charge is 0.0978 e. The summed E-state index contributed by atoms with van der Waals surface area (Å²) in [6.07, 6.45) is 3.90. The minimum atomic E-state index is 0.201. The summed E-state index contributed by atoms with van der Waals surface area (Å²) in [5.41, 5.74) is 0. The Morgan fingerprint density at radius 2 is 1.93 bits per heavy atom. The molecule has 1 aromatic carbocycles. The summed E-state index contributed by atoms with van der Waals surface area (Å²) in [5.74, 6) is 0. The number of allylic oxidation sites excluding steroid dienone is 3. The van der Waals surface area contributed by atoms with Crippen LogP contribution in [0.15, 0.2) is 64.7 Å². The molecule has 0 nitrogen and oxygen atoms in total. The molecule has 0 amide bonds. The third kappa shape index (κ3) is 1.70. The summed E-state index contributed by atoms with van der Waals surface area (Å²) in [6, 6.07) is 8.58. The second kappa shape index (κ2) is 4.16. The molecular weight excluding hydrogens is 207 g/mol. The molecule has 1 unspecified atom stereocenters. The summed E-state index contributed by atoms with van der Waals surface area (Å²) in [4.78, 5) is 2.65. The summed E-state index contributed by atoms with van der Waals surface area (Å²) < 4.78 is 0. The van der Waals surface area contributed by atoms with Gasteiger partial charge in [0.05, 0.1) is 18.4 Å². The molecule has 2 rings (SSSR count). The Morgan fingerprint density at radius 3 is 2.64 bits per heavy atom. The van der Waals surface area contributed by atoms with Gasteiger partial charge in [-0.2, -0.15) is 0 Å². The predicted molar refractivity (Wildman–Crippen MR) is 69.1 cm³/mol. The van der Waals surface area contributed by atoms with E-state index in [9.17, 15) is 0 Å². The van der Waals surface area contributed by atoms with E-state index in [1.165, 1.54) is 20.4 Å². The fraction of sp³-hybridized carbons (Fsp3) is 0. The van der Waals surface area contributed by atoms with Gasteiger partial charge in [-0.1, -0.05) is 43.1 Å². The Morgan fingerprint density at radius 1 is 1.14 bits per heavy atom. The van der Waals surface area contributed by atoms with E-state index in [1.54, 1.807) is 11.8 Å². The molecule has 0 radical (unpaired) electrons. The highest BCUT2D eigenvalue weighted by molar-refractivity contribution is 8.04. The molecule has 70 valence electrons. The summed E-state index contributed by atoms with van der Waals surface area (Å²) in [5, 5.41) is 2.83. The molecule has 1 aliphatic heterocycles.